The highest BCUT2D eigenvalue weighted by Gasteiger charge is 2.45. The van der Waals surface area contributed by atoms with Gasteiger partial charge in [0.15, 0.2) is 0 Å². The van der Waals surface area contributed by atoms with Gasteiger partial charge in [0, 0.05) is 12.1 Å². The molecule has 7 heteroatoms. The Hall–Kier alpha value is -2.70. The molecule has 2 aliphatic heterocycles. The monoisotopic (exact) mass is 287 g/mol. The molecule has 7 nitrogen and oxygen atoms in total. The number of hydrogen-bond acceptors (Lipinski definition) is 5. The van der Waals surface area contributed by atoms with E-state index in [9.17, 15) is 19.2 Å². The van der Waals surface area contributed by atoms with Gasteiger partial charge in [0.1, 0.15) is 6.04 Å². The second-order valence-corrected chi connectivity index (χ2v) is 5.22. The summed E-state index contributed by atoms with van der Waals surface area (Å²) in [6.45, 7) is 1.77. The summed E-state index contributed by atoms with van der Waals surface area (Å²) < 4.78 is 0. The Bertz CT molecular complexity index is 710. The molecule has 0 saturated carbocycles. The van der Waals surface area contributed by atoms with E-state index in [1.807, 2.05) is 0 Å². The quantitative estimate of drug-likeness (QED) is 0.557. The lowest BCUT2D eigenvalue weighted by Gasteiger charge is -2.27. The Balaban J connectivity index is 2.02. The standard InChI is InChI=1S/C14H13N3O4/c1-6-4-7-11(8(15)5-6)14(21)17(13(7)20)9-2-3-10(18)16-12(9)19/h4-5,9H,2-3,15H2,1H3,(H,16,18,19). The molecule has 0 spiro atoms. The number of rotatable bonds is 1. The van der Waals surface area contributed by atoms with Gasteiger partial charge in [0.2, 0.25) is 11.8 Å². The van der Waals surface area contributed by atoms with E-state index < -0.39 is 29.7 Å². The zero-order valence-corrected chi connectivity index (χ0v) is 11.3. The molecule has 21 heavy (non-hydrogen) atoms. The second-order valence-electron chi connectivity index (χ2n) is 5.22. The van der Waals surface area contributed by atoms with Crippen molar-refractivity contribution in [2.45, 2.75) is 25.8 Å². The van der Waals surface area contributed by atoms with Gasteiger partial charge in [-0.2, -0.15) is 0 Å². The van der Waals surface area contributed by atoms with Crippen molar-refractivity contribution in [3.63, 3.8) is 0 Å². The normalized spacial score (nSPS) is 21.6. The highest BCUT2D eigenvalue weighted by molar-refractivity contribution is 6.25. The van der Waals surface area contributed by atoms with Crippen LogP contribution in [0.2, 0.25) is 0 Å². The van der Waals surface area contributed by atoms with E-state index >= 15 is 0 Å². The van der Waals surface area contributed by atoms with E-state index in [2.05, 4.69) is 5.32 Å². The Morgan fingerprint density at radius 1 is 1.19 bits per heavy atom. The van der Waals surface area contributed by atoms with Gasteiger partial charge < -0.3 is 5.73 Å². The molecule has 3 N–H and O–H groups in total. The highest BCUT2D eigenvalue weighted by atomic mass is 16.2. The maximum atomic E-state index is 12.4. The maximum absolute atomic E-state index is 12.4. The number of benzene rings is 1. The summed E-state index contributed by atoms with van der Waals surface area (Å²) in [5, 5.41) is 2.14. The number of hydrogen-bond donors (Lipinski definition) is 2. The van der Waals surface area contributed by atoms with E-state index in [4.69, 9.17) is 5.73 Å². The molecule has 4 amide bonds. The van der Waals surface area contributed by atoms with Gasteiger partial charge in [-0.05, 0) is 31.0 Å². The second kappa shape index (κ2) is 4.41. The molecule has 0 radical (unpaired) electrons. The van der Waals surface area contributed by atoms with Crippen LogP contribution in [0, 0.1) is 6.92 Å². The Labute approximate surface area is 120 Å². The van der Waals surface area contributed by atoms with E-state index in [0.29, 0.717) is 0 Å². The number of piperidine rings is 1. The predicted molar refractivity (Wildman–Crippen MR) is 72.3 cm³/mol. The molecule has 1 atom stereocenters. The average Bonchev–Trinajstić information content (AvgIpc) is 2.63. The first-order valence-corrected chi connectivity index (χ1v) is 6.52. The summed E-state index contributed by atoms with van der Waals surface area (Å²) in [6.07, 6.45) is 0.230. The molecule has 1 aromatic carbocycles. The third kappa shape index (κ3) is 1.89. The number of nitrogens with one attached hydrogen (secondary N) is 1. The number of amides is 4. The van der Waals surface area contributed by atoms with Gasteiger partial charge in [-0.3, -0.25) is 29.4 Å². The van der Waals surface area contributed by atoms with Crippen LogP contribution in [0.1, 0.15) is 39.1 Å². The molecule has 1 aromatic rings. The molecule has 0 bridgehead atoms. The third-order valence-corrected chi connectivity index (χ3v) is 3.72. The van der Waals surface area contributed by atoms with Crippen LogP contribution in [-0.2, 0) is 9.59 Å². The van der Waals surface area contributed by atoms with Crippen LogP contribution < -0.4 is 11.1 Å². The van der Waals surface area contributed by atoms with Crippen LogP contribution in [0.25, 0.3) is 0 Å². The van der Waals surface area contributed by atoms with Crippen molar-refractivity contribution in [3.05, 3.63) is 28.8 Å². The van der Waals surface area contributed by atoms with Crippen molar-refractivity contribution in [1.29, 1.82) is 0 Å². The third-order valence-electron chi connectivity index (χ3n) is 3.72. The van der Waals surface area contributed by atoms with Gasteiger partial charge in [-0.15, -0.1) is 0 Å². The number of aryl methyl sites for hydroxylation is 1. The van der Waals surface area contributed by atoms with Gasteiger partial charge in [0.25, 0.3) is 11.8 Å². The number of anilines is 1. The SMILES string of the molecule is Cc1cc(N)c2c(c1)C(=O)N(C1CCC(=O)NC1=O)C2=O. The van der Waals surface area contributed by atoms with Crippen molar-refractivity contribution in [1.82, 2.24) is 10.2 Å². The average molecular weight is 287 g/mol. The van der Waals surface area contributed by atoms with Crippen LogP contribution in [0.15, 0.2) is 12.1 Å². The molecule has 3 rings (SSSR count). The van der Waals surface area contributed by atoms with Crippen LogP contribution in [0.3, 0.4) is 0 Å². The maximum Gasteiger partial charge on any atom is 0.264 e. The lowest BCUT2D eigenvalue weighted by Crippen LogP contribution is -2.54. The number of carbonyl (C=O) groups excluding carboxylic acids is 4. The summed E-state index contributed by atoms with van der Waals surface area (Å²) in [4.78, 5) is 48.8. The van der Waals surface area contributed by atoms with E-state index in [1.54, 1.807) is 19.1 Å². The predicted octanol–water partition coefficient (Wildman–Crippen LogP) is -0.0216. The smallest absolute Gasteiger partial charge is 0.264 e. The number of fused-ring (bicyclic) bond motifs is 1. The fourth-order valence-electron chi connectivity index (χ4n) is 2.78. The molecule has 2 aliphatic rings. The first-order chi connectivity index (χ1) is 9.90. The minimum Gasteiger partial charge on any atom is -0.398 e. The van der Waals surface area contributed by atoms with Gasteiger partial charge in [-0.25, -0.2) is 0 Å². The Morgan fingerprint density at radius 3 is 2.57 bits per heavy atom. The summed E-state index contributed by atoms with van der Waals surface area (Å²) >= 11 is 0. The van der Waals surface area contributed by atoms with Crippen LogP contribution in [0.5, 0.6) is 0 Å². The van der Waals surface area contributed by atoms with E-state index in [1.165, 1.54) is 0 Å². The van der Waals surface area contributed by atoms with Crippen LogP contribution in [-0.4, -0.2) is 34.6 Å². The lowest BCUT2D eigenvalue weighted by atomic mass is 10.0. The fraction of sp³-hybridized carbons (Fsp3) is 0.286. The van der Waals surface area contributed by atoms with Crippen LogP contribution in [0.4, 0.5) is 5.69 Å². The van der Waals surface area contributed by atoms with Crippen molar-refractivity contribution < 1.29 is 19.2 Å². The minimum atomic E-state index is -0.963. The van der Waals surface area contributed by atoms with Crippen molar-refractivity contribution in [2.75, 3.05) is 5.73 Å². The lowest BCUT2D eigenvalue weighted by molar-refractivity contribution is -0.136. The molecule has 2 heterocycles. The van der Waals surface area contributed by atoms with Gasteiger partial charge >= 0.3 is 0 Å². The summed E-state index contributed by atoms with van der Waals surface area (Å²) in [5.74, 6) is -2.15. The molecule has 0 aliphatic carbocycles. The first kappa shape index (κ1) is 13.3. The summed E-state index contributed by atoms with van der Waals surface area (Å²) in [7, 11) is 0. The minimum absolute atomic E-state index is 0.0956. The van der Waals surface area contributed by atoms with Crippen molar-refractivity contribution >= 4 is 29.3 Å². The van der Waals surface area contributed by atoms with Gasteiger partial charge in [-0.1, -0.05) is 0 Å². The summed E-state index contributed by atoms with van der Waals surface area (Å²) in [6, 6.07) is 2.23. The first-order valence-electron chi connectivity index (χ1n) is 6.52. The number of nitrogens with two attached hydrogens (primary N) is 1. The number of nitrogens with zero attached hydrogens (tertiary/aromatic N) is 1. The highest BCUT2D eigenvalue weighted by Crippen LogP contribution is 2.31. The Morgan fingerprint density at radius 2 is 1.90 bits per heavy atom. The number of carbonyl (C=O) groups is 4. The van der Waals surface area contributed by atoms with E-state index in [-0.39, 0.29) is 29.7 Å². The topological polar surface area (TPSA) is 110 Å². The molecular formula is C14H13N3O4. The fourth-order valence-corrected chi connectivity index (χ4v) is 2.78. The van der Waals surface area contributed by atoms with Gasteiger partial charge in [0.05, 0.1) is 11.1 Å². The van der Waals surface area contributed by atoms with Crippen LogP contribution >= 0.6 is 0 Å². The van der Waals surface area contributed by atoms with Crippen molar-refractivity contribution in [3.8, 4) is 0 Å². The van der Waals surface area contributed by atoms with E-state index in [0.717, 1.165) is 10.5 Å². The Kier molecular flexibility index (Phi) is 2.79. The summed E-state index contributed by atoms with van der Waals surface area (Å²) in [5.41, 5.74) is 7.15. The number of imide groups is 2. The number of nitrogen functional groups attached to an aromatic ring is 1. The largest absolute Gasteiger partial charge is 0.398 e. The zero-order valence-electron chi connectivity index (χ0n) is 11.3. The molecule has 1 unspecified atom stereocenters. The zero-order chi connectivity index (χ0) is 15.3. The molecule has 0 aromatic heterocycles. The molecule has 108 valence electrons. The molecule has 1 fully saturated rings. The molecule has 1 saturated heterocycles. The van der Waals surface area contributed by atoms with Crippen molar-refractivity contribution in [2.24, 2.45) is 0 Å². The molecular weight excluding hydrogens is 274 g/mol.